The van der Waals surface area contributed by atoms with Gasteiger partial charge in [0.1, 0.15) is 0 Å². The second kappa shape index (κ2) is 5.83. The summed E-state index contributed by atoms with van der Waals surface area (Å²) in [6, 6.07) is 14.8. The molecule has 2 heteroatoms. The molecule has 0 bridgehead atoms. The molecule has 0 spiro atoms. The van der Waals surface area contributed by atoms with Crippen molar-refractivity contribution in [1.29, 1.82) is 0 Å². The number of benzene rings is 2. The Bertz CT molecular complexity index is 543. The molecule has 0 amide bonds. The van der Waals surface area contributed by atoms with Crippen molar-refractivity contribution in [3.8, 4) is 0 Å². The van der Waals surface area contributed by atoms with Gasteiger partial charge in [0.25, 0.3) is 0 Å². The molecule has 0 heterocycles. The van der Waals surface area contributed by atoms with Crippen molar-refractivity contribution in [2.75, 3.05) is 0 Å². The van der Waals surface area contributed by atoms with Crippen LogP contribution >= 0.6 is 11.6 Å². The lowest BCUT2D eigenvalue weighted by atomic mass is 10.00. The first-order chi connectivity index (χ1) is 8.70. The highest BCUT2D eigenvalue weighted by atomic mass is 35.5. The van der Waals surface area contributed by atoms with Gasteiger partial charge in [-0.15, -0.1) is 0 Å². The summed E-state index contributed by atoms with van der Waals surface area (Å²) in [5.74, 6) is 0.0459. The summed E-state index contributed by atoms with van der Waals surface area (Å²) in [7, 11) is 0. The Kier molecular flexibility index (Phi) is 4.16. The van der Waals surface area contributed by atoms with Gasteiger partial charge < -0.3 is 0 Å². The molecule has 0 atom stereocenters. The highest BCUT2D eigenvalue weighted by Crippen LogP contribution is 2.15. The summed E-state index contributed by atoms with van der Waals surface area (Å²) in [6.45, 7) is 2.13. The smallest absolute Gasteiger partial charge is 0.193 e. The first kappa shape index (κ1) is 12.8. The molecule has 0 saturated carbocycles. The van der Waals surface area contributed by atoms with E-state index < -0.39 is 0 Å². The molecule has 0 N–H and O–H groups in total. The normalized spacial score (nSPS) is 10.3. The van der Waals surface area contributed by atoms with Crippen molar-refractivity contribution in [3.05, 3.63) is 70.2 Å². The monoisotopic (exact) mass is 258 g/mol. The van der Waals surface area contributed by atoms with Crippen LogP contribution in [0.4, 0.5) is 0 Å². The van der Waals surface area contributed by atoms with Gasteiger partial charge in [-0.1, -0.05) is 43.1 Å². The first-order valence-corrected chi connectivity index (χ1v) is 6.47. The van der Waals surface area contributed by atoms with E-state index in [1.165, 1.54) is 5.56 Å². The predicted octanol–water partition coefficient (Wildman–Crippen LogP) is 4.52. The molecule has 1 nitrogen and oxygen atoms in total. The van der Waals surface area contributed by atoms with Crippen LogP contribution in [-0.2, 0) is 6.42 Å². The van der Waals surface area contributed by atoms with Gasteiger partial charge in [-0.05, 0) is 42.3 Å². The zero-order chi connectivity index (χ0) is 13.0. The molecular formula is C16H15ClO. The van der Waals surface area contributed by atoms with Crippen LogP contribution < -0.4 is 0 Å². The molecular weight excluding hydrogens is 244 g/mol. The lowest BCUT2D eigenvalue weighted by Gasteiger charge is -2.04. The van der Waals surface area contributed by atoms with E-state index >= 15 is 0 Å². The van der Waals surface area contributed by atoms with Crippen LogP contribution in [0, 0.1) is 0 Å². The zero-order valence-corrected chi connectivity index (χ0v) is 11.1. The molecule has 92 valence electrons. The SMILES string of the molecule is CCCc1cccc(C(=O)c2ccc(Cl)cc2)c1. The fourth-order valence-electron chi connectivity index (χ4n) is 1.92. The van der Waals surface area contributed by atoms with Gasteiger partial charge in [-0.2, -0.15) is 0 Å². The van der Waals surface area contributed by atoms with Crippen LogP contribution in [-0.4, -0.2) is 5.78 Å². The highest BCUT2D eigenvalue weighted by Gasteiger charge is 2.09. The molecule has 2 aromatic rings. The molecule has 0 aliphatic rings. The van der Waals surface area contributed by atoms with Gasteiger partial charge in [0, 0.05) is 16.1 Å². The van der Waals surface area contributed by atoms with Gasteiger partial charge in [0.05, 0.1) is 0 Å². The second-order valence-electron chi connectivity index (χ2n) is 4.29. The Morgan fingerprint density at radius 1 is 1.06 bits per heavy atom. The first-order valence-electron chi connectivity index (χ1n) is 6.10. The third-order valence-electron chi connectivity index (χ3n) is 2.83. The molecule has 0 aliphatic carbocycles. The summed E-state index contributed by atoms with van der Waals surface area (Å²) in [6.07, 6.45) is 2.08. The fourth-order valence-corrected chi connectivity index (χ4v) is 2.05. The van der Waals surface area contributed by atoms with Gasteiger partial charge in [-0.25, -0.2) is 0 Å². The average Bonchev–Trinajstić information content (AvgIpc) is 2.39. The molecule has 18 heavy (non-hydrogen) atoms. The maximum atomic E-state index is 12.3. The van der Waals surface area contributed by atoms with Gasteiger partial charge in [0.2, 0.25) is 0 Å². The van der Waals surface area contributed by atoms with E-state index in [0.717, 1.165) is 18.4 Å². The Morgan fingerprint density at radius 3 is 2.44 bits per heavy atom. The average molecular weight is 259 g/mol. The molecule has 0 aliphatic heterocycles. The van der Waals surface area contributed by atoms with E-state index in [-0.39, 0.29) is 5.78 Å². The zero-order valence-electron chi connectivity index (χ0n) is 10.3. The molecule has 0 aromatic heterocycles. The molecule has 0 radical (unpaired) electrons. The van der Waals surface area contributed by atoms with Crippen molar-refractivity contribution < 1.29 is 4.79 Å². The minimum atomic E-state index is 0.0459. The quantitative estimate of drug-likeness (QED) is 0.737. The number of hydrogen-bond donors (Lipinski definition) is 0. The van der Waals surface area contributed by atoms with Crippen molar-refractivity contribution >= 4 is 17.4 Å². The lowest BCUT2D eigenvalue weighted by Crippen LogP contribution is -2.01. The van der Waals surface area contributed by atoms with E-state index in [9.17, 15) is 4.79 Å². The summed E-state index contributed by atoms with van der Waals surface area (Å²) in [5, 5.41) is 0.645. The minimum Gasteiger partial charge on any atom is -0.289 e. The van der Waals surface area contributed by atoms with Crippen LogP contribution in [0.2, 0.25) is 5.02 Å². The molecule has 2 aromatic carbocycles. The number of ketones is 1. The Balaban J connectivity index is 2.28. The Labute approximate surface area is 112 Å². The third kappa shape index (κ3) is 2.99. The number of hydrogen-bond acceptors (Lipinski definition) is 1. The Hall–Kier alpha value is -1.60. The van der Waals surface area contributed by atoms with E-state index in [0.29, 0.717) is 10.6 Å². The lowest BCUT2D eigenvalue weighted by molar-refractivity contribution is 0.103. The van der Waals surface area contributed by atoms with Crippen molar-refractivity contribution in [1.82, 2.24) is 0 Å². The van der Waals surface area contributed by atoms with E-state index in [4.69, 9.17) is 11.6 Å². The summed E-state index contributed by atoms with van der Waals surface area (Å²) >= 11 is 5.82. The third-order valence-corrected chi connectivity index (χ3v) is 3.09. The summed E-state index contributed by atoms with van der Waals surface area (Å²) in [5.41, 5.74) is 2.62. The molecule has 0 unspecified atom stereocenters. The standard InChI is InChI=1S/C16H15ClO/c1-2-4-12-5-3-6-14(11-12)16(18)13-7-9-15(17)10-8-13/h3,5-11H,2,4H2,1H3. The topological polar surface area (TPSA) is 17.1 Å². The van der Waals surface area contributed by atoms with E-state index in [1.54, 1.807) is 24.3 Å². The highest BCUT2D eigenvalue weighted by molar-refractivity contribution is 6.30. The van der Waals surface area contributed by atoms with Crippen LogP contribution in [0.25, 0.3) is 0 Å². The number of halogens is 1. The molecule has 0 saturated heterocycles. The van der Waals surface area contributed by atoms with Crippen molar-refractivity contribution in [2.24, 2.45) is 0 Å². The maximum absolute atomic E-state index is 12.3. The number of rotatable bonds is 4. The fraction of sp³-hybridized carbons (Fsp3) is 0.188. The molecule has 0 fully saturated rings. The van der Waals surface area contributed by atoms with Crippen molar-refractivity contribution in [3.63, 3.8) is 0 Å². The predicted molar refractivity (Wildman–Crippen MR) is 75.3 cm³/mol. The summed E-state index contributed by atoms with van der Waals surface area (Å²) < 4.78 is 0. The van der Waals surface area contributed by atoms with E-state index in [2.05, 4.69) is 13.0 Å². The molecule has 2 rings (SSSR count). The van der Waals surface area contributed by atoms with Gasteiger partial charge in [0.15, 0.2) is 5.78 Å². The van der Waals surface area contributed by atoms with E-state index in [1.807, 2.05) is 18.2 Å². The largest absolute Gasteiger partial charge is 0.289 e. The maximum Gasteiger partial charge on any atom is 0.193 e. The van der Waals surface area contributed by atoms with Crippen LogP contribution in [0.5, 0.6) is 0 Å². The Morgan fingerprint density at radius 2 is 1.78 bits per heavy atom. The number of carbonyl (C=O) groups excluding carboxylic acids is 1. The van der Waals surface area contributed by atoms with Crippen LogP contribution in [0.1, 0.15) is 34.8 Å². The van der Waals surface area contributed by atoms with Gasteiger partial charge in [-0.3, -0.25) is 4.79 Å². The van der Waals surface area contributed by atoms with Crippen LogP contribution in [0.15, 0.2) is 48.5 Å². The second-order valence-corrected chi connectivity index (χ2v) is 4.72. The van der Waals surface area contributed by atoms with Crippen LogP contribution in [0.3, 0.4) is 0 Å². The van der Waals surface area contributed by atoms with Gasteiger partial charge >= 0.3 is 0 Å². The summed E-state index contributed by atoms with van der Waals surface area (Å²) in [4.78, 5) is 12.3. The van der Waals surface area contributed by atoms with Crippen molar-refractivity contribution in [2.45, 2.75) is 19.8 Å². The number of aryl methyl sites for hydroxylation is 1. The number of carbonyl (C=O) groups is 1. The minimum absolute atomic E-state index is 0.0459.